The molecule has 1 aliphatic heterocycles. The molecule has 9 heteroatoms. The molecule has 2 aromatic carbocycles. The van der Waals surface area contributed by atoms with Crippen molar-refractivity contribution in [3.05, 3.63) is 88.9 Å². The number of aromatic nitrogens is 3. The molecule has 1 aliphatic rings. The maximum Gasteiger partial charge on any atom is 0.269 e. The number of nitrogens with one attached hydrogen (secondary N) is 2. The Labute approximate surface area is 159 Å². The fourth-order valence-electron chi connectivity index (χ4n) is 3.30. The summed E-state index contributed by atoms with van der Waals surface area (Å²) in [5, 5.41) is 21.3. The highest BCUT2D eigenvalue weighted by Crippen LogP contribution is 2.38. The van der Waals surface area contributed by atoms with Gasteiger partial charge in [-0.05, 0) is 17.7 Å². The number of para-hydroxylation sites is 1. The Balaban J connectivity index is 1.77. The summed E-state index contributed by atoms with van der Waals surface area (Å²) in [5.41, 5.74) is 1.58. The minimum atomic E-state index is -0.753. The molecule has 2 heterocycles. The minimum Gasteiger partial charge on any atom is -0.328 e. The standard InChI is InChI=1S/C19H16N6O3/c1-12-16(18(26)23-14-7-3-2-4-8-14)17(24-19(22-12)20-11-21-24)13-6-5-9-15(10-13)25(27)28/h2-11,16-17H,1H2,(H,23,26)(H,20,21,22). The Bertz CT molecular complexity index is 1060. The van der Waals surface area contributed by atoms with Crippen molar-refractivity contribution in [2.45, 2.75) is 6.04 Å². The van der Waals surface area contributed by atoms with Crippen LogP contribution in [0.25, 0.3) is 0 Å². The normalized spacial score (nSPS) is 18.1. The molecule has 140 valence electrons. The van der Waals surface area contributed by atoms with E-state index in [0.29, 0.717) is 22.9 Å². The van der Waals surface area contributed by atoms with E-state index in [0.717, 1.165) is 0 Å². The first-order chi connectivity index (χ1) is 13.5. The molecule has 0 bridgehead atoms. The summed E-state index contributed by atoms with van der Waals surface area (Å²) in [6.45, 7) is 3.98. The number of nitrogens with zero attached hydrogens (tertiary/aromatic N) is 4. The summed E-state index contributed by atoms with van der Waals surface area (Å²) in [5.74, 6) is -0.636. The molecule has 0 radical (unpaired) electrons. The van der Waals surface area contributed by atoms with Gasteiger partial charge < -0.3 is 10.6 Å². The monoisotopic (exact) mass is 376 g/mol. The van der Waals surface area contributed by atoms with Crippen LogP contribution in [-0.2, 0) is 4.79 Å². The van der Waals surface area contributed by atoms with Crippen LogP contribution >= 0.6 is 0 Å². The van der Waals surface area contributed by atoms with E-state index < -0.39 is 16.9 Å². The van der Waals surface area contributed by atoms with Gasteiger partial charge in [0.05, 0.1) is 11.0 Å². The molecule has 2 unspecified atom stereocenters. The molecule has 9 nitrogen and oxygen atoms in total. The highest BCUT2D eigenvalue weighted by atomic mass is 16.6. The van der Waals surface area contributed by atoms with Crippen molar-refractivity contribution in [2.75, 3.05) is 10.6 Å². The molecule has 0 aliphatic carbocycles. The van der Waals surface area contributed by atoms with Crippen LogP contribution in [0.3, 0.4) is 0 Å². The van der Waals surface area contributed by atoms with Crippen molar-refractivity contribution < 1.29 is 9.72 Å². The zero-order valence-electron chi connectivity index (χ0n) is 14.6. The van der Waals surface area contributed by atoms with E-state index in [4.69, 9.17) is 0 Å². The van der Waals surface area contributed by atoms with E-state index in [-0.39, 0.29) is 11.6 Å². The van der Waals surface area contributed by atoms with E-state index in [2.05, 4.69) is 27.3 Å². The van der Waals surface area contributed by atoms with Crippen LogP contribution in [0, 0.1) is 16.0 Å². The first kappa shape index (κ1) is 17.4. The molecule has 0 spiro atoms. The molecule has 2 atom stereocenters. The van der Waals surface area contributed by atoms with Crippen molar-refractivity contribution in [2.24, 2.45) is 5.92 Å². The summed E-state index contributed by atoms with van der Waals surface area (Å²) in [4.78, 5) is 28.0. The lowest BCUT2D eigenvalue weighted by Gasteiger charge is -2.33. The van der Waals surface area contributed by atoms with E-state index in [1.54, 1.807) is 28.9 Å². The third kappa shape index (κ3) is 3.09. The Morgan fingerprint density at radius 1 is 1.21 bits per heavy atom. The Morgan fingerprint density at radius 2 is 2.00 bits per heavy atom. The van der Waals surface area contributed by atoms with Gasteiger partial charge in [0.25, 0.3) is 5.69 Å². The number of rotatable bonds is 4. The number of hydrogen-bond donors (Lipinski definition) is 2. The Kier molecular flexibility index (Phi) is 4.32. The number of nitro groups is 1. The second kappa shape index (κ2) is 6.95. The predicted molar refractivity (Wildman–Crippen MR) is 103 cm³/mol. The Morgan fingerprint density at radius 3 is 2.75 bits per heavy atom. The van der Waals surface area contributed by atoms with E-state index in [1.165, 1.54) is 18.5 Å². The van der Waals surface area contributed by atoms with Crippen LogP contribution in [0.2, 0.25) is 0 Å². The number of hydrogen-bond acceptors (Lipinski definition) is 6. The summed E-state index contributed by atoms with van der Waals surface area (Å²) >= 11 is 0. The van der Waals surface area contributed by atoms with Crippen molar-refractivity contribution in [1.82, 2.24) is 14.8 Å². The highest BCUT2D eigenvalue weighted by Gasteiger charge is 2.40. The zero-order chi connectivity index (χ0) is 19.7. The molecular weight excluding hydrogens is 360 g/mol. The van der Waals surface area contributed by atoms with E-state index in [1.807, 2.05) is 18.2 Å². The van der Waals surface area contributed by atoms with Crippen LogP contribution in [0.5, 0.6) is 0 Å². The van der Waals surface area contributed by atoms with Crippen LogP contribution < -0.4 is 10.6 Å². The van der Waals surface area contributed by atoms with Gasteiger partial charge in [-0.25, -0.2) is 4.68 Å². The Hall–Kier alpha value is -4.01. The van der Waals surface area contributed by atoms with Crippen molar-refractivity contribution >= 4 is 23.2 Å². The summed E-state index contributed by atoms with van der Waals surface area (Å²) in [7, 11) is 0. The molecule has 1 aromatic heterocycles. The third-order valence-electron chi connectivity index (χ3n) is 4.55. The molecular formula is C19H16N6O3. The fraction of sp³-hybridized carbons (Fsp3) is 0.105. The molecule has 0 saturated carbocycles. The van der Waals surface area contributed by atoms with Crippen molar-refractivity contribution in [1.29, 1.82) is 0 Å². The van der Waals surface area contributed by atoms with Gasteiger partial charge in [0.15, 0.2) is 0 Å². The van der Waals surface area contributed by atoms with Crippen LogP contribution in [0.4, 0.5) is 17.3 Å². The van der Waals surface area contributed by atoms with Crippen molar-refractivity contribution in [3.8, 4) is 0 Å². The number of benzene rings is 2. The van der Waals surface area contributed by atoms with Gasteiger partial charge in [-0.3, -0.25) is 14.9 Å². The average Bonchev–Trinajstić information content (AvgIpc) is 3.15. The topological polar surface area (TPSA) is 115 Å². The number of non-ortho nitro benzene ring substituents is 1. The summed E-state index contributed by atoms with van der Waals surface area (Å²) < 4.78 is 1.54. The second-order valence-corrected chi connectivity index (χ2v) is 6.31. The lowest BCUT2D eigenvalue weighted by Crippen LogP contribution is -2.39. The summed E-state index contributed by atoms with van der Waals surface area (Å²) in [6, 6.07) is 14.6. The fourth-order valence-corrected chi connectivity index (χ4v) is 3.30. The lowest BCUT2D eigenvalue weighted by molar-refractivity contribution is -0.384. The summed E-state index contributed by atoms with van der Waals surface area (Å²) in [6.07, 6.45) is 1.36. The van der Waals surface area contributed by atoms with E-state index >= 15 is 0 Å². The smallest absolute Gasteiger partial charge is 0.269 e. The second-order valence-electron chi connectivity index (χ2n) is 6.31. The number of anilines is 2. The molecule has 0 fully saturated rings. The van der Waals surface area contributed by atoms with Gasteiger partial charge in [-0.1, -0.05) is 36.9 Å². The predicted octanol–water partition coefficient (Wildman–Crippen LogP) is 2.97. The number of fused-ring (bicyclic) bond motifs is 1. The van der Waals surface area contributed by atoms with Gasteiger partial charge in [-0.2, -0.15) is 10.1 Å². The van der Waals surface area contributed by atoms with Crippen LogP contribution in [-0.4, -0.2) is 25.6 Å². The van der Waals surface area contributed by atoms with Gasteiger partial charge in [0.1, 0.15) is 12.2 Å². The molecule has 0 saturated heterocycles. The van der Waals surface area contributed by atoms with Gasteiger partial charge >= 0.3 is 0 Å². The van der Waals surface area contributed by atoms with Crippen molar-refractivity contribution in [3.63, 3.8) is 0 Å². The quantitative estimate of drug-likeness (QED) is 0.534. The average molecular weight is 376 g/mol. The number of carbonyl (C=O) groups excluding carboxylic acids is 1. The highest BCUT2D eigenvalue weighted by molar-refractivity contribution is 5.95. The van der Waals surface area contributed by atoms with Gasteiger partial charge in [-0.15, -0.1) is 0 Å². The number of amides is 1. The molecule has 2 N–H and O–H groups in total. The minimum absolute atomic E-state index is 0.0643. The molecule has 3 aromatic rings. The van der Waals surface area contributed by atoms with Gasteiger partial charge in [0, 0.05) is 23.5 Å². The van der Waals surface area contributed by atoms with Crippen LogP contribution in [0.1, 0.15) is 11.6 Å². The molecule has 28 heavy (non-hydrogen) atoms. The number of nitro benzene ring substituents is 1. The maximum absolute atomic E-state index is 13.1. The SMILES string of the molecule is C=C1Nc2ncnn2C(c2cccc([N+](=O)[O-])c2)C1C(=O)Nc1ccccc1. The molecule has 4 rings (SSSR count). The lowest BCUT2D eigenvalue weighted by atomic mass is 9.88. The zero-order valence-corrected chi connectivity index (χ0v) is 14.6. The third-order valence-corrected chi connectivity index (χ3v) is 4.55. The van der Waals surface area contributed by atoms with Gasteiger partial charge in [0.2, 0.25) is 11.9 Å². The molecule has 1 amide bonds. The van der Waals surface area contributed by atoms with E-state index in [9.17, 15) is 14.9 Å². The first-order valence-electron chi connectivity index (χ1n) is 8.50. The maximum atomic E-state index is 13.1. The largest absolute Gasteiger partial charge is 0.328 e. The van der Waals surface area contributed by atoms with Crippen LogP contribution in [0.15, 0.2) is 73.2 Å². The number of carbonyl (C=O) groups is 1. The first-order valence-corrected chi connectivity index (χ1v) is 8.50.